The standard InChI is InChI=1S/C18H19ClN2O3S/c19-13-5-3-12(4-6-13)18(23)7-1-2-14(22)15-16(18)20-17(25-15)21-8-10-24-11-9-21/h3-6,23H,1-2,7-11H2. The van der Waals surface area contributed by atoms with Crippen molar-refractivity contribution >= 4 is 33.9 Å². The van der Waals surface area contributed by atoms with Crippen molar-refractivity contribution in [2.45, 2.75) is 24.9 Å². The van der Waals surface area contributed by atoms with E-state index in [0.29, 0.717) is 48.1 Å². The molecular weight excluding hydrogens is 360 g/mol. The van der Waals surface area contributed by atoms with Gasteiger partial charge in [0, 0.05) is 24.5 Å². The number of carbonyl (C=O) groups is 1. The first-order chi connectivity index (χ1) is 12.1. The molecule has 2 aromatic rings. The Bertz CT molecular complexity index is 786. The summed E-state index contributed by atoms with van der Waals surface area (Å²) >= 11 is 7.38. The molecule has 132 valence electrons. The second-order valence-corrected chi connectivity index (χ2v) is 7.83. The van der Waals surface area contributed by atoms with Gasteiger partial charge in [0.05, 0.1) is 18.1 Å². The number of morpholine rings is 1. The second-order valence-electron chi connectivity index (χ2n) is 6.42. The maximum atomic E-state index is 12.6. The van der Waals surface area contributed by atoms with Gasteiger partial charge in [-0.15, -0.1) is 0 Å². The molecule has 0 radical (unpaired) electrons. The maximum Gasteiger partial charge on any atom is 0.186 e. The first-order valence-electron chi connectivity index (χ1n) is 8.43. The van der Waals surface area contributed by atoms with Crippen molar-refractivity contribution in [1.82, 2.24) is 4.98 Å². The van der Waals surface area contributed by atoms with E-state index in [0.717, 1.165) is 23.8 Å². The van der Waals surface area contributed by atoms with E-state index in [1.165, 1.54) is 11.3 Å². The Labute approximate surface area is 155 Å². The first kappa shape index (κ1) is 17.0. The van der Waals surface area contributed by atoms with Crippen LogP contribution in [0.5, 0.6) is 0 Å². The summed E-state index contributed by atoms with van der Waals surface area (Å²) in [5.74, 6) is 0.0666. The van der Waals surface area contributed by atoms with E-state index in [4.69, 9.17) is 21.3 Å². The van der Waals surface area contributed by atoms with Crippen LogP contribution in [0.2, 0.25) is 5.02 Å². The van der Waals surface area contributed by atoms with Crippen LogP contribution in [0.25, 0.3) is 0 Å². The quantitative estimate of drug-likeness (QED) is 0.813. The number of Topliss-reactive ketones (excluding diaryl/α,β-unsaturated/α-hetero) is 1. The fraction of sp³-hybridized carbons (Fsp3) is 0.444. The fourth-order valence-corrected chi connectivity index (χ4v) is 4.70. The molecule has 7 heteroatoms. The van der Waals surface area contributed by atoms with E-state index in [-0.39, 0.29) is 5.78 Å². The molecule has 1 aliphatic carbocycles. The number of ether oxygens (including phenoxy) is 1. The van der Waals surface area contributed by atoms with Gasteiger partial charge in [-0.2, -0.15) is 0 Å². The zero-order valence-electron chi connectivity index (χ0n) is 13.7. The van der Waals surface area contributed by atoms with Crippen LogP contribution in [-0.2, 0) is 10.3 Å². The van der Waals surface area contributed by atoms with E-state index in [1.807, 2.05) is 12.1 Å². The predicted molar refractivity (Wildman–Crippen MR) is 97.8 cm³/mol. The number of aromatic nitrogens is 1. The zero-order chi connectivity index (χ0) is 17.4. The lowest BCUT2D eigenvalue weighted by molar-refractivity contribution is 0.0665. The highest BCUT2D eigenvalue weighted by Gasteiger charge is 2.41. The van der Waals surface area contributed by atoms with Crippen LogP contribution < -0.4 is 4.90 Å². The van der Waals surface area contributed by atoms with Crippen molar-refractivity contribution < 1.29 is 14.6 Å². The number of carbonyl (C=O) groups excluding carboxylic acids is 1. The average Bonchev–Trinajstić information content (AvgIpc) is 3.04. The summed E-state index contributed by atoms with van der Waals surface area (Å²) in [6.07, 6.45) is 1.54. The van der Waals surface area contributed by atoms with Crippen molar-refractivity contribution in [2.24, 2.45) is 0 Å². The van der Waals surface area contributed by atoms with E-state index in [9.17, 15) is 9.90 Å². The van der Waals surface area contributed by atoms with Gasteiger partial charge in [0.25, 0.3) is 0 Å². The number of ketones is 1. The normalized spacial score (nSPS) is 24.1. The number of anilines is 1. The second kappa shape index (κ2) is 6.68. The van der Waals surface area contributed by atoms with Gasteiger partial charge >= 0.3 is 0 Å². The van der Waals surface area contributed by atoms with Crippen molar-refractivity contribution in [3.05, 3.63) is 45.4 Å². The third-order valence-electron chi connectivity index (χ3n) is 4.81. The van der Waals surface area contributed by atoms with Gasteiger partial charge < -0.3 is 14.7 Å². The molecule has 2 heterocycles. The largest absolute Gasteiger partial charge is 0.379 e. The van der Waals surface area contributed by atoms with Crippen molar-refractivity contribution in [3.63, 3.8) is 0 Å². The van der Waals surface area contributed by atoms with Gasteiger partial charge in [0.1, 0.15) is 11.3 Å². The molecule has 0 amide bonds. The van der Waals surface area contributed by atoms with Gasteiger partial charge in [-0.3, -0.25) is 4.79 Å². The summed E-state index contributed by atoms with van der Waals surface area (Å²) in [6, 6.07) is 7.15. The Balaban J connectivity index is 1.80. The summed E-state index contributed by atoms with van der Waals surface area (Å²) in [5, 5.41) is 12.9. The molecule has 1 aromatic heterocycles. The minimum absolute atomic E-state index is 0.0666. The summed E-state index contributed by atoms with van der Waals surface area (Å²) in [5.41, 5.74) is -0.0388. The maximum absolute atomic E-state index is 12.6. The number of aliphatic hydroxyl groups is 1. The topological polar surface area (TPSA) is 62.7 Å². The number of rotatable bonds is 2. The molecule has 4 rings (SSSR count). The van der Waals surface area contributed by atoms with Crippen LogP contribution in [0.15, 0.2) is 24.3 Å². The molecule has 0 spiro atoms. The Hall–Kier alpha value is -1.47. The summed E-state index contributed by atoms with van der Waals surface area (Å²) < 4.78 is 5.39. The predicted octanol–water partition coefficient (Wildman–Crippen LogP) is 3.24. The van der Waals surface area contributed by atoms with Crippen LogP contribution in [0.3, 0.4) is 0 Å². The van der Waals surface area contributed by atoms with E-state index >= 15 is 0 Å². The Morgan fingerprint density at radius 2 is 1.96 bits per heavy atom. The molecule has 1 saturated heterocycles. The van der Waals surface area contributed by atoms with Gasteiger partial charge in [0.2, 0.25) is 0 Å². The minimum Gasteiger partial charge on any atom is -0.379 e. The van der Waals surface area contributed by atoms with Crippen LogP contribution in [0.4, 0.5) is 5.13 Å². The summed E-state index contributed by atoms with van der Waals surface area (Å²) in [6.45, 7) is 2.80. The fourth-order valence-electron chi connectivity index (χ4n) is 3.41. The molecule has 25 heavy (non-hydrogen) atoms. The van der Waals surface area contributed by atoms with Crippen LogP contribution in [-0.4, -0.2) is 42.2 Å². The number of fused-ring (bicyclic) bond motifs is 1. The third-order valence-corrected chi connectivity index (χ3v) is 6.22. The van der Waals surface area contributed by atoms with E-state index < -0.39 is 5.60 Å². The Morgan fingerprint density at radius 3 is 2.68 bits per heavy atom. The smallest absolute Gasteiger partial charge is 0.186 e. The molecule has 0 bridgehead atoms. The molecule has 1 atom stereocenters. The molecular formula is C18H19ClN2O3S. The molecule has 1 aromatic carbocycles. The van der Waals surface area contributed by atoms with Crippen LogP contribution >= 0.6 is 22.9 Å². The highest BCUT2D eigenvalue weighted by atomic mass is 35.5. The van der Waals surface area contributed by atoms with E-state index in [1.54, 1.807) is 12.1 Å². The van der Waals surface area contributed by atoms with Crippen LogP contribution in [0, 0.1) is 0 Å². The summed E-state index contributed by atoms with van der Waals surface area (Å²) in [4.78, 5) is 20.0. The zero-order valence-corrected chi connectivity index (χ0v) is 15.3. The molecule has 1 aliphatic heterocycles. The molecule has 1 fully saturated rings. The van der Waals surface area contributed by atoms with E-state index in [2.05, 4.69) is 4.90 Å². The van der Waals surface area contributed by atoms with Crippen molar-refractivity contribution in [2.75, 3.05) is 31.2 Å². The monoisotopic (exact) mass is 378 g/mol. The minimum atomic E-state index is -1.26. The highest BCUT2D eigenvalue weighted by Crippen LogP contribution is 2.43. The van der Waals surface area contributed by atoms with Crippen molar-refractivity contribution in [3.8, 4) is 0 Å². The number of hydrogen-bond donors (Lipinski definition) is 1. The Kier molecular flexibility index (Phi) is 4.54. The van der Waals surface area contributed by atoms with Gasteiger partial charge in [-0.1, -0.05) is 35.1 Å². The summed E-state index contributed by atoms with van der Waals surface area (Å²) in [7, 11) is 0. The molecule has 0 saturated carbocycles. The van der Waals surface area contributed by atoms with Crippen LogP contribution in [0.1, 0.15) is 40.2 Å². The number of thiazole rings is 1. The lowest BCUT2D eigenvalue weighted by atomic mass is 9.87. The lowest BCUT2D eigenvalue weighted by Crippen LogP contribution is -2.36. The first-order valence-corrected chi connectivity index (χ1v) is 9.63. The highest BCUT2D eigenvalue weighted by molar-refractivity contribution is 7.17. The average molecular weight is 379 g/mol. The Morgan fingerprint density at radius 1 is 1.24 bits per heavy atom. The number of benzene rings is 1. The van der Waals surface area contributed by atoms with Gasteiger partial charge in [0.15, 0.2) is 10.9 Å². The lowest BCUT2D eigenvalue weighted by Gasteiger charge is -2.28. The molecule has 1 N–H and O–H groups in total. The van der Waals surface area contributed by atoms with Gasteiger partial charge in [-0.25, -0.2) is 4.98 Å². The molecule has 2 aliphatic rings. The third kappa shape index (κ3) is 3.08. The van der Waals surface area contributed by atoms with Gasteiger partial charge in [-0.05, 0) is 30.5 Å². The SMILES string of the molecule is O=C1CCCC(O)(c2ccc(Cl)cc2)c2nc(N3CCOCC3)sc21. The number of hydrogen-bond acceptors (Lipinski definition) is 6. The molecule has 5 nitrogen and oxygen atoms in total. The van der Waals surface area contributed by atoms with Crippen molar-refractivity contribution in [1.29, 1.82) is 0 Å². The number of nitrogens with zero attached hydrogens (tertiary/aromatic N) is 2. The number of halogens is 1. The molecule has 1 unspecified atom stereocenters.